The molecule has 4 rings (SSSR count). The summed E-state index contributed by atoms with van der Waals surface area (Å²) in [5, 5.41) is 0.0535. The molecule has 1 aliphatic rings. The molecular weight excluding hydrogens is 532 g/mol. The molecule has 186 valence electrons. The number of H-pyrrole nitrogens is 1. The minimum Gasteiger partial charge on any atom is -0.291 e. The van der Waals surface area contributed by atoms with Gasteiger partial charge in [0.25, 0.3) is 15.6 Å². The van der Waals surface area contributed by atoms with E-state index >= 15 is 0 Å². The number of aryl methyl sites for hydroxylation is 1. The Bertz CT molecular complexity index is 1500. The van der Waals surface area contributed by atoms with Gasteiger partial charge in [-0.05, 0) is 61.7 Å². The van der Waals surface area contributed by atoms with Crippen molar-refractivity contribution in [2.24, 2.45) is 0 Å². The van der Waals surface area contributed by atoms with Crippen molar-refractivity contribution in [2.45, 2.75) is 45.8 Å². The third kappa shape index (κ3) is 5.89. The molecule has 35 heavy (non-hydrogen) atoms. The highest BCUT2D eigenvalue weighted by Crippen LogP contribution is 2.28. The van der Waals surface area contributed by atoms with Crippen molar-refractivity contribution in [1.82, 2.24) is 14.3 Å². The van der Waals surface area contributed by atoms with Gasteiger partial charge in [-0.15, -0.1) is 0 Å². The number of nitrogens with zero attached hydrogens (tertiary/aromatic N) is 2. The quantitative estimate of drug-likeness (QED) is 0.453. The fourth-order valence-corrected chi connectivity index (χ4v) is 7.44. The zero-order chi connectivity index (χ0) is 25.2. The third-order valence-corrected chi connectivity index (χ3v) is 10.1. The second-order valence-corrected chi connectivity index (χ2v) is 13.1. The van der Waals surface area contributed by atoms with E-state index in [0.717, 1.165) is 36.6 Å². The van der Waals surface area contributed by atoms with Gasteiger partial charge in [-0.25, -0.2) is 26.5 Å². The Morgan fingerprint density at radius 3 is 2.34 bits per heavy atom. The van der Waals surface area contributed by atoms with E-state index in [-0.39, 0.29) is 25.7 Å². The topological polar surface area (TPSA) is 129 Å². The summed E-state index contributed by atoms with van der Waals surface area (Å²) < 4.78 is 54.6. The Morgan fingerprint density at radius 1 is 1.03 bits per heavy atom. The first kappa shape index (κ1) is 25.7. The lowest BCUT2D eigenvalue weighted by molar-refractivity contribution is 0.346. The Labute approximate surface area is 213 Å². The molecule has 1 aromatic heterocycles. The van der Waals surface area contributed by atoms with E-state index in [1.165, 1.54) is 34.8 Å². The van der Waals surface area contributed by atoms with Crippen LogP contribution in [0.4, 0.5) is 5.95 Å². The zero-order valence-electron chi connectivity index (χ0n) is 18.7. The molecule has 1 aliphatic heterocycles. The summed E-state index contributed by atoms with van der Waals surface area (Å²) in [5.74, 6) is -0.251. The predicted molar refractivity (Wildman–Crippen MR) is 135 cm³/mol. The number of aromatic amines is 1. The molecule has 0 amide bonds. The van der Waals surface area contributed by atoms with Crippen LogP contribution in [-0.2, 0) is 20.0 Å². The maximum atomic E-state index is 12.8. The number of rotatable bonds is 7. The third-order valence-electron chi connectivity index (χ3n) is 5.38. The van der Waals surface area contributed by atoms with Crippen LogP contribution in [-0.4, -0.2) is 44.2 Å². The van der Waals surface area contributed by atoms with E-state index in [2.05, 4.69) is 14.7 Å². The average molecular weight is 555 g/mol. The van der Waals surface area contributed by atoms with E-state index in [1.807, 2.05) is 0 Å². The van der Waals surface area contributed by atoms with Gasteiger partial charge < -0.3 is 0 Å². The zero-order valence-corrected chi connectivity index (χ0v) is 21.9. The van der Waals surface area contributed by atoms with E-state index in [0.29, 0.717) is 18.0 Å². The van der Waals surface area contributed by atoms with Gasteiger partial charge in [-0.2, -0.15) is 4.31 Å². The molecule has 0 bridgehead atoms. The standard InChI is InChI=1S/C22H23ClN4O5S3/c1-15-5-10-20(18(23)13-15)34(29,30)26-22-24-14-19(21(28)25-22)33-16-6-8-17(9-7-16)35(31,32)27-11-3-2-4-12-27/h5-10,13-14H,2-4,11-12H2,1H3,(H2,24,25,26,28). The molecule has 1 saturated heterocycles. The van der Waals surface area contributed by atoms with Crippen LogP contribution in [0.5, 0.6) is 0 Å². The van der Waals surface area contributed by atoms with Crippen LogP contribution in [0, 0.1) is 6.92 Å². The molecule has 2 N–H and O–H groups in total. The highest BCUT2D eigenvalue weighted by molar-refractivity contribution is 7.99. The highest BCUT2D eigenvalue weighted by Gasteiger charge is 2.26. The number of nitrogens with one attached hydrogen (secondary N) is 2. The SMILES string of the molecule is Cc1ccc(S(=O)(=O)Nc2ncc(Sc3ccc(S(=O)(=O)N4CCCCC4)cc3)c(=O)[nH]2)c(Cl)c1. The van der Waals surface area contributed by atoms with Crippen LogP contribution < -0.4 is 10.3 Å². The molecule has 13 heteroatoms. The normalized spacial score (nSPS) is 15.1. The van der Waals surface area contributed by atoms with Crippen molar-refractivity contribution >= 4 is 49.4 Å². The predicted octanol–water partition coefficient (Wildman–Crippen LogP) is 3.86. The van der Waals surface area contributed by atoms with Gasteiger partial charge in [0, 0.05) is 18.0 Å². The van der Waals surface area contributed by atoms with Crippen LogP contribution in [0.1, 0.15) is 24.8 Å². The van der Waals surface area contributed by atoms with E-state index in [1.54, 1.807) is 25.1 Å². The minimum atomic E-state index is -4.06. The van der Waals surface area contributed by atoms with Crippen molar-refractivity contribution < 1.29 is 16.8 Å². The molecule has 9 nitrogen and oxygen atoms in total. The van der Waals surface area contributed by atoms with Crippen LogP contribution in [0.25, 0.3) is 0 Å². The van der Waals surface area contributed by atoms with Crippen LogP contribution >= 0.6 is 23.4 Å². The summed E-state index contributed by atoms with van der Waals surface area (Å²) in [6, 6.07) is 10.8. The van der Waals surface area contributed by atoms with Gasteiger partial charge in [-0.3, -0.25) is 9.78 Å². The first-order valence-corrected chi connectivity index (χ1v) is 14.8. The number of benzene rings is 2. The second-order valence-electron chi connectivity index (χ2n) is 8.00. The van der Waals surface area contributed by atoms with E-state index < -0.39 is 25.6 Å². The number of piperidine rings is 1. The Kier molecular flexibility index (Phi) is 7.57. The van der Waals surface area contributed by atoms with Gasteiger partial charge in [-0.1, -0.05) is 35.9 Å². The van der Waals surface area contributed by atoms with Gasteiger partial charge in [0.05, 0.1) is 21.0 Å². The second kappa shape index (κ2) is 10.3. The average Bonchev–Trinajstić information content (AvgIpc) is 2.81. The number of hydrogen-bond acceptors (Lipinski definition) is 7. The fourth-order valence-electron chi connectivity index (χ4n) is 3.57. The smallest absolute Gasteiger partial charge is 0.266 e. The molecule has 0 aliphatic carbocycles. The fraction of sp³-hybridized carbons (Fsp3) is 0.273. The van der Waals surface area contributed by atoms with Gasteiger partial charge in [0.1, 0.15) is 4.90 Å². The van der Waals surface area contributed by atoms with Gasteiger partial charge in [0.15, 0.2) is 0 Å². The molecule has 1 fully saturated rings. The number of hydrogen-bond donors (Lipinski definition) is 2. The number of halogens is 1. The van der Waals surface area contributed by atoms with Crippen LogP contribution in [0.3, 0.4) is 0 Å². The van der Waals surface area contributed by atoms with Crippen molar-refractivity contribution in [2.75, 3.05) is 17.8 Å². The first-order valence-electron chi connectivity index (χ1n) is 10.7. The Morgan fingerprint density at radius 2 is 1.71 bits per heavy atom. The van der Waals surface area contributed by atoms with Gasteiger partial charge >= 0.3 is 0 Å². The number of sulfonamides is 2. The maximum Gasteiger partial charge on any atom is 0.266 e. The molecule has 3 aromatic rings. The summed E-state index contributed by atoms with van der Waals surface area (Å²) in [7, 11) is -7.60. The summed E-state index contributed by atoms with van der Waals surface area (Å²) in [4.78, 5) is 19.9. The summed E-state index contributed by atoms with van der Waals surface area (Å²) in [5.41, 5.74) is 0.252. The molecular formula is C22H23ClN4O5S3. The Balaban J connectivity index is 1.48. The maximum absolute atomic E-state index is 12.8. The number of anilines is 1. The highest BCUT2D eigenvalue weighted by atomic mass is 35.5. The first-order chi connectivity index (χ1) is 16.6. The summed E-state index contributed by atoms with van der Waals surface area (Å²) in [6.07, 6.45) is 3.99. The Hall–Kier alpha value is -2.38. The molecule has 0 saturated carbocycles. The van der Waals surface area contributed by atoms with Crippen molar-refractivity contribution in [3.8, 4) is 0 Å². The lowest BCUT2D eigenvalue weighted by Crippen LogP contribution is -2.35. The summed E-state index contributed by atoms with van der Waals surface area (Å²) in [6.45, 7) is 2.82. The minimum absolute atomic E-state index is 0.0535. The van der Waals surface area contributed by atoms with E-state index in [9.17, 15) is 21.6 Å². The molecule has 0 atom stereocenters. The van der Waals surface area contributed by atoms with Gasteiger partial charge in [0.2, 0.25) is 16.0 Å². The molecule has 2 heterocycles. The van der Waals surface area contributed by atoms with Crippen molar-refractivity contribution in [3.63, 3.8) is 0 Å². The summed E-state index contributed by atoms with van der Waals surface area (Å²) >= 11 is 7.14. The lowest BCUT2D eigenvalue weighted by atomic mass is 10.2. The molecule has 2 aromatic carbocycles. The number of aromatic nitrogens is 2. The lowest BCUT2D eigenvalue weighted by Gasteiger charge is -2.25. The van der Waals surface area contributed by atoms with Crippen molar-refractivity contribution in [3.05, 3.63) is 69.6 Å². The molecule has 0 unspecified atom stereocenters. The van der Waals surface area contributed by atoms with Crippen LogP contribution in [0.15, 0.2) is 73.0 Å². The molecule has 0 radical (unpaired) electrons. The molecule has 0 spiro atoms. The largest absolute Gasteiger partial charge is 0.291 e. The van der Waals surface area contributed by atoms with Crippen LogP contribution in [0.2, 0.25) is 5.02 Å². The monoisotopic (exact) mass is 554 g/mol. The van der Waals surface area contributed by atoms with E-state index in [4.69, 9.17) is 11.6 Å². The van der Waals surface area contributed by atoms with Crippen molar-refractivity contribution in [1.29, 1.82) is 0 Å².